The lowest BCUT2D eigenvalue weighted by molar-refractivity contribution is 0.601. The highest BCUT2D eigenvalue weighted by Crippen LogP contribution is 2.18. The summed E-state index contributed by atoms with van der Waals surface area (Å²) in [5.74, 6) is 0. The molecule has 2 rings (SSSR count). The molecule has 5 nitrogen and oxygen atoms in total. The predicted octanol–water partition coefficient (Wildman–Crippen LogP) is 1.87. The van der Waals surface area contributed by atoms with Gasteiger partial charge in [-0.2, -0.15) is 0 Å². The number of aryl methyl sites for hydroxylation is 1. The first-order valence-electron chi connectivity index (χ1n) is 5.44. The average Bonchev–Trinajstić information content (AvgIpc) is 2.77. The lowest BCUT2D eigenvalue weighted by Gasteiger charge is -2.07. The molecule has 0 saturated heterocycles. The van der Waals surface area contributed by atoms with Crippen LogP contribution in [0.5, 0.6) is 0 Å². The second-order valence-electron chi connectivity index (χ2n) is 3.95. The molecule has 0 aliphatic heterocycles. The molecular formula is C12H15N3O2S. The maximum Gasteiger partial charge on any atom is 0.263 e. The van der Waals surface area contributed by atoms with Crippen LogP contribution < -0.4 is 10.0 Å². The Kier molecular flexibility index (Phi) is 3.29. The number of nitrogens with zero attached hydrogens (tertiary/aromatic N) is 1. The fourth-order valence-corrected chi connectivity index (χ4v) is 2.67. The smallest absolute Gasteiger partial charge is 0.263 e. The number of nitrogens with one attached hydrogen (secondary N) is 2. The van der Waals surface area contributed by atoms with Gasteiger partial charge in [-0.3, -0.25) is 4.72 Å². The molecule has 96 valence electrons. The van der Waals surface area contributed by atoms with Crippen molar-refractivity contribution in [2.75, 3.05) is 17.1 Å². The molecule has 0 atom stereocenters. The molecule has 1 aromatic heterocycles. The third kappa shape index (κ3) is 2.65. The second kappa shape index (κ2) is 4.73. The molecule has 1 aromatic carbocycles. The van der Waals surface area contributed by atoms with E-state index in [-0.39, 0.29) is 4.90 Å². The van der Waals surface area contributed by atoms with E-state index in [1.807, 2.05) is 19.2 Å². The lowest BCUT2D eigenvalue weighted by atomic mass is 10.3. The van der Waals surface area contributed by atoms with Crippen molar-refractivity contribution in [1.82, 2.24) is 4.57 Å². The van der Waals surface area contributed by atoms with Gasteiger partial charge in [0, 0.05) is 37.9 Å². The van der Waals surface area contributed by atoms with E-state index in [1.54, 1.807) is 42.2 Å². The number of anilines is 2. The van der Waals surface area contributed by atoms with Crippen LogP contribution in [0.4, 0.5) is 11.4 Å². The maximum atomic E-state index is 12.0. The van der Waals surface area contributed by atoms with Crippen LogP contribution in [-0.4, -0.2) is 20.0 Å². The molecule has 2 N–H and O–H groups in total. The molecule has 0 spiro atoms. The molecule has 0 unspecified atom stereocenters. The minimum absolute atomic E-state index is 0.252. The van der Waals surface area contributed by atoms with Crippen LogP contribution in [0, 0.1) is 0 Å². The van der Waals surface area contributed by atoms with E-state index in [2.05, 4.69) is 10.0 Å². The van der Waals surface area contributed by atoms with E-state index < -0.39 is 10.0 Å². The minimum atomic E-state index is -3.50. The van der Waals surface area contributed by atoms with E-state index in [9.17, 15) is 8.42 Å². The van der Waals surface area contributed by atoms with Gasteiger partial charge in [-0.1, -0.05) is 0 Å². The Morgan fingerprint density at radius 1 is 1.06 bits per heavy atom. The highest BCUT2D eigenvalue weighted by molar-refractivity contribution is 7.92. The fraction of sp³-hybridized carbons (Fsp3) is 0.167. The Labute approximate surface area is 106 Å². The number of hydrogen-bond donors (Lipinski definition) is 2. The van der Waals surface area contributed by atoms with Crippen LogP contribution in [0.25, 0.3) is 0 Å². The minimum Gasteiger partial charge on any atom is -0.388 e. The predicted molar refractivity (Wildman–Crippen MR) is 72.2 cm³/mol. The van der Waals surface area contributed by atoms with Gasteiger partial charge in [0.2, 0.25) is 0 Å². The van der Waals surface area contributed by atoms with Gasteiger partial charge < -0.3 is 9.88 Å². The topological polar surface area (TPSA) is 63.1 Å². The molecule has 0 bridgehead atoms. The monoisotopic (exact) mass is 265 g/mol. The van der Waals surface area contributed by atoms with Crippen molar-refractivity contribution in [2.24, 2.45) is 7.05 Å². The van der Waals surface area contributed by atoms with Gasteiger partial charge in [-0.05, 0) is 30.3 Å². The van der Waals surface area contributed by atoms with Crippen molar-refractivity contribution in [1.29, 1.82) is 0 Å². The molecule has 0 fully saturated rings. The molecule has 6 heteroatoms. The quantitative estimate of drug-likeness (QED) is 0.887. The summed E-state index contributed by atoms with van der Waals surface area (Å²) in [6.45, 7) is 0. The zero-order chi connectivity index (χ0) is 13.2. The summed E-state index contributed by atoms with van der Waals surface area (Å²) in [4.78, 5) is 0.252. The highest BCUT2D eigenvalue weighted by Gasteiger charge is 2.14. The third-order valence-electron chi connectivity index (χ3n) is 2.54. The van der Waals surface area contributed by atoms with Crippen LogP contribution in [0.2, 0.25) is 0 Å². The van der Waals surface area contributed by atoms with E-state index >= 15 is 0 Å². The van der Waals surface area contributed by atoms with Gasteiger partial charge >= 0.3 is 0 Å². The van der Waals surface area contributed by atoms with Crippen LogP contribution in [0.15, 0.2) is 47.6 Å². The summed E-state index contributed by atoms with van der Waals surface area (Å²) in [5.41, 5.74) is 1.47. The molecule has 0 aliphatic carbocycles. The van der Waals surface area contributed by atoms with Gasteiger partial charge in [-0.25, -0.2) is 8.42 Å². The highest BCUT2D eigenvalue weighted by atomic mass is 32.2. The van der Waals surface area contributed by atoms with Crippen molar-refractivity contribution in [3.8, 4) is 0 Å². The van der Waals surface area contributed by atoms with Gasteiger partial charge in [0.1, 0.15) is 4.90 Å². The van der Waals surface area contributed by atoms with Crippen LogP contribution in [-0.2, 0) is 17.1 Å². The molecular weight excluding hydrogens is 250 g/mol. The standard InChI is InChI=1S/C12H15N3O2S/c1-13-10-3-5-11(6-4-10)14-18(16,17)12-7-8-15(2)9-12/h3-9,13-14H,1-2H3. The summed E-state index contributed by atoms with van der Waals surface area (Å²) in [7, 11) is 0.0839. The summed E-state index contributed by atoms with van der Waals surface area (Å²) in [6, 6.07) is 8.61. The number of aromatic nitrogens is 1. The van der Waals surface area contributed by atoms with Gasteiger partial charge in [0.05, 0.1) is 0 Å². The van der Waals surface area contributed by atoms with E-state index in [4.69, 9.17) is 0 Å². The summed E-state index contributed by atoms with van der Waals surface area (Å²) < 4.78 is 28.3. The van der Waals surface area contributed by atoms with E-state index in [1.165, 1.54) is 0 Å². The molecule has 2 aromatic rings. The van der Waals surface area contributed by atoms with Crippen molar-refractivity contribution in [3.05, 3.63) is 42.7 Å². The Morgan fingerprint density at radius 2 is 1.67 bits per heavy atom. The van der Waals surface area contributed by atoms with Crippen molar-refractivity contribution in [3.63, 3.8) is 0 Å². The summed E-state index contributed by atoms with van der Waals surface area (Å²) in [5, 5.41) is 2.97. The van der Waals surface area contributed by atoms with Crippen LogP contribution in [0.3, 0.4) is 0 Å². The van der Waals surface area contributed by atoms with Crippen LogP contribution >= 0.6 is 0 Å². The van der Waals surface area contributed by atoms with Crippen molar-refractivity contribution >= 4 is 21.4 Å². The maximum absolute atomic E-state index is 12.0. The molecule has 1 heterocycles. The normalized spacial score (nSPS) is 11.2. The number of benzene rings is 1. The average molecular weight is 265 g/mol. The van der Waals surface area contributed by atoms with Crippen molar-refractivity contribution < 1.29 is 8.42 Å². The molecule has 0 radical (unpaired) electrons. The third-order valence-corrected chi connectivity index (χ3v) is 3.91. The van der Waals surface area contributed by atoms with Gasteiger partial charge in [0.25, 0.3) is 10.0 Å². The first kappa shape index (κ1) is 12.5. The summed E-state index contributed by atoms with van der Waals surface area (Å²) in [6.07, 6.45) is 3.25. The molecule has 0 saturated carbocycles. The number of sulfonamides is 1. The van der Waals surface area contributed by atoms with E-state index in [0.29, 0.717) is 5.69 Å². The fourth-order valence-electron chi connectivity index (χ4n) is 1.56. The van der Waals surface area contributed by atoms with Gasteiger partial charge in [-0.15, -0.1) is 0 Å². The molecule has 18 heavy (non-hydrogen) atoms. The van der Waals surface area contributed by atoms with E-state index in [0.717, 1.165) is 5.69 Å². The Bertz CT molecular complexity index is 630. The van der Waals surface area contributed by atoms with Crippen molar-refractivity contribution in [2.45, 2.75) is 4.90 Å². The number of rotatable bonds is 4. The SMILES string of the molecule is CNc1ccc(NS(=O)(=O)c2ccn(C)c2)cc1. The lowest BCUT2D eigenvalue weighted by Crippen LogP contribution is -2.12. The molecule has 0 amide bonds. The zero-order valence-corrected chi connectivity index (χ0v) is 11.0. The summed E-state index contributed by atoms with van der Waals surface area (Å²) >= 11 is 0. The second-order valence-corrected chi connectivity index (χ2v) is 5.63. The first-order chi connectivity index (χ1) is 8.51. The van der Waals surface area contributed by atoms with Gasteiger partial charge in [0.15, 0.2) is 0 Å². The largest absolute Gasteiger partial charge is 0.388 e. The Balaban J connectivity index is 2.22. The molecule has 0 aliphatic rings. The Morgan fingerprint density at radius 3 is 2.17 bits per heavy atom. The zero-order valence-electron chi connectivity index (χ0n) is 10.2. The Hall–Kier alpha value is -1.95. The number of hydrogen-bond acceptors (Lipinski definition) is 3. The van der Waals surface area contributed by atoms with Crippen LogP contribution in [0.1, 0.15) is 0 Å². The first-order valence-corrected chi connectivity index (χ1v) is 6.92.